The van der Waals surface area contributed by atoms with Gasteiger partial charge in [-0.25, -0.2) is 0 Å². The van der Waals surface area contributed by atoms with E-state index in [9.17, 15) is 0 Å². The van der Waals surface area contributed by atoms with E-state index < -0.39 is 0 Å². The van der Waals surface area contributed by atoms with Gasteiger partial charge in [-0.3, -0.25) is 0 Å². The first kappa shape index (κ1) is 16.3. The first-order chi connectivity index (χ1) is 9.38. The Labute approximate surface area is 120 Å². The lowest BCUT2D eigenvalue weighted by atomic mass is 9.92. The molecule has 0 spiro atoms. The number of H-pyrrole nitrogens is 1. The highest BCUT2D eigenvalue weighted by Crippen LogP contribution is 2.27. The number of aromatic nitrogens is 1. The van der Waals surface area contributed by atoms with Crippen LogP contribution in [0.2, 0.25) is 0 Å². The van der Waals surface area contributed by atoms with Crippen LogP contribution in [0.4, 0.5) is 0 Å². The van der Waals surface area contributed by atoms with Crippen molar-refractivity contribution in [3.8, 4) is 0 Å². The minimum atomic E-state index is 0.772. The maximum Gasteiger partial charge on any atom is 0.0178 e. The molecular formula is C18H33N. The van der Waals surface area contributed by atoms with Gasteiger partial charge in [-0.15, -0.1) is 0 Å². The lowest BCUT2D eigenvalue weighted by molar-refractivity contribution is 0.487. The van der Waals surface area contributed by atoms with Gasteiger partial charge in [-0.05, 0) is 30.9 Å². The van der Waals surface area contributed by atoms with E-state index in [1.54, 1.807) is 0 Å². The lowest BCUT2D eigenvalue weighted by Gasteiger charge is -2.15. The molecule has 0 saturated heterocycles. The molecule has 1 heteroatoms. The molecule has 1 heterocycles. The fourth-order valence-electron chi connectivity index (χ4n) is 2.87. The van der Waals surface area contributed by atoms with Crippen LogP contribution in [0.1, 0.15) is 96.1 Å². The summed E-state index contributed by atoms with van der Waals surface area (Å²) in [6.45, 7) is 4.58. The molecule has 1 aromatic heterocycles. The Hall–Kier alpha value is -0.720. The van der Waals surface area contributed by atoms with E-state index in [0.717, 1.165) is 5.92 Å². The van der Waals surface area contributed by atoms with Crippen molar-refractivity contribution >= 4 is 0 Å². The zero-order valence-corrected chi connectivity index (χ0v) is 13.1. The van der Waals surface area contributed by atoms with Crippen LogP contribution in [-0.2, 0) is 0 Å². The highest BCUT2D eigenvalue weighted by atomic mass is 14.7. The van der Waals surface area contributed by atoms with Crippen molar-refractivity contribution in [2.45, 2.75) is 90.4 Å². The predicted octanol–water partition coefficient (Wildman–Crippen LogP) is 6.43. The minimum Gasteiger partial charge on any atom is -0.365 e. The zero-order chi connectivity index (χ0) is 13.8. The van der Waals surface area contributed by atoms with E-state index in [-0.39, 0.29) is 0 Å². The highest BCUT2D eigenvalue weighted by molar-refractivity contribution is 5.09. The minimum absolute atomic E-state index is 0.772. The molecule has 0 bridgehead atoms. The van der Waals surface area contributed by atoms with Gasteiger partial charge >= 0.3 is 0 Å². The molecule has 0 aromatic carbocycles. The maximum atomic E-state index is 3.43. The average molecular weight is 263 g/mol. The Morgan fingerprint density at radius 2 is 1.42 bits per heavy atom. The van der Waals surface area contributed by atoms with Crippen molar-refractivity contribution in [1.29, 1.82) is 0 Å². The standard InChI is InChI=1S/C18H33N/c1-3-5-7-9-11-14-17(13-10-8-6-4-2)18-15-12-16-19-18/h12,15-17,19H,3-11,13-14H2,1-2H3. The van der Waals surface area contributed by atoms with Crippen LogP contribution in [0.15, 0.2) is 18.3 Å². The summed E-state index contributed by atoms with van der Waals surface area (Å²) in [5.74, 6) is 0.772. The normalized spacial score (nSPS) is 12.7. The number of nitrogens with one attached hydrogen (secondary N) is 1. The van der Waals surface area contributed by atoms with Gasteiger partial charge in [0.05, 0.1) is 0 Å². The number of aromatic amines is 1. The second-order valence-electron chi connectivity index (χ2n) is 5.87. The Bertz CT molecular complexity index is 276. The van der Waals surface area contributed by atoms with Crippen LogP contribution < -0.4 is 0 Å². The Morgan fingerprint density at radius 1 is 0.842 bits per heavy atom. The van der Waals surface area contributed by atoms with E-state index >= 15 is 0 Å². The number of hydrogen-bond donors (Lipinski definition) is 1. The van der Waals surface area contributed by atoms with Gasteiger partial charge in [0.25, 0.3) is 0 Å². The molecule has 110 valence electrons. The molecular weight excluding hydrogens is 230 g/mol. The molecule has 1 rings (SSSR count). The van der Waals surface area contributed by atoms with Crippen LogP contribution in [-0.4, -0.2) is 4.98 Å². The molecule has 0 aliphatic rings. The number of hydrogen-bond acceptors (Lipinski definition) is 0. The summed E-state index contributed by atoms with van der Waals surface area (Å²) in [6.07, 6.45) is 17.3. The molecule has 0 saturated carbocycles. The van der Waals surface area contributed by atoms with Gasteiger partial charge in [0, 0.05) is 11.9 Å². The Kier molecular flexibility index (Phi) is 9.57. The molecule has 0 radical (unpaired) electrons. The second-order valence-corrected chi connectivity index (χ2v) is 5.87. The smallest absolute Gasteiger partial charge is 0.0178 e. The predicted molar refractivity (Wildman–Crippen MR) is 85.7 cm³/mol. The van der Waals surface area contributed by atoms with Crippen molar-refractivity contribution < 1.29 is 0 Å². The summed E-state index contributed by atoms with van der Waals surface area (Å²) in [4.78, 5) is 3.43. The molecule has 1 aromatic rings. The first-order valence-corrected chi connectivity index (χ1v) is 8.51. The molecule has 1 atom stereocenters. The van der Waals surface area contributed by atoms with Crippen LogP contribution >= 0.6 is 0 Å². The van der Waals surface area contributed by atoms with Gasteiger partial charge in [0.15, 0.2) is 0 Å². The van der Waals surface area contributed by atoms with E-state index in [4.69, 9.17) is 0 Å². The molecule has 0 aliphatic carbocycles. The van der Waals surface area contributed by atoms with Crippen molar-refractivity contribution in [2.24, 2.45) is 0 Å². The lowest BCUT2D eigenvalue weighted by Crippen LogP contribution is -2.00. The van der Waals surface area contributed by atoms with Crippen molar-refractivity contribution in [3.63, 3.8) is 0 Å². The average Bonchev–Trinajstić information content (AvgIpc) is 2.95. The van der Waals surface area contributed by atoms with E-state index in [0.29, 0.717) is 0 Å². The monoisotopic (exact) mass is 263 g/mol. The molecule has 1 unspecified atom stereocenters. The Balaban J connectivity index is 2.25. The molecule has 0 amide bonds. The maximum absolute atomic E-state index is 3.43. The van der Waals surface area contributed by atoms with Gasteiger partial charge in [-0.1, -0.05) is 71.6 Å². The Morgan fingerprint density at radius 3 is 1.95 bits per heavy atom. The van der Waals surface area contributed by atoms with E-state index in [1.807, 2.05) is 0 Å². The summed E-state index contributed by atoms with van der Waals surface area (Å²) in [7, 11) is 0. The molecule has 1 nitrogen and oxygen atoms in total. The fourth-order valence-corrected chi connectivity index (χ4v) is 2.87. The first-order valence-electron chi connectivity index (χ1n) is 8.51. The molecule has 0 aliphatic heterocycles. The fraction of sp³-hybridized carbons (Fsp3) is 0.778. The SMILES string of the molecule is CCCCCCCC(CCCCCC)c1ccc[nH]1. The van der Waals surface area contributed by atoms with Crippen molar-refractivity contribution in [2.75, 3.05) is 0 Å². The van der Waals surface area contributed by atoms with E-state index in [2.05, 4.69) is 37.2 Å². The zero-order valence-electron chi connectivity index (χ0n) is 13.1. The van der Waals surface area contributed by atoms with E-state index in [1.165, 1.54) is 76.3 Å². The van der Waals surface area contributed by atoms with Gasteiger partial charge in [0.2, 0.25) is 0 Å². The van der Waals surface area contributed by atoms with Gasteiger partial charge < -0.3 is 4.98 Å². The second kappa shape index (κ2) is 11.1. The summed E-state index contributed by atoms with van der Waals surface area (Å²) < 4.78 is 0. The van der Waals surface area contributed by atoms with Crippen molar-refractivity contribution in [1.82, 2.24) is 4.98 Å². The van der Waals surface area contributed by atoms with Gasteiger partial charge in [0.1, 0.15) is 0 Å². The van der Waals surface area contributed by atoms with Crippen molar-refractivity contribution in [3.05, 3.63) is 24.0 Å². The van der Waals surface area contributed by atoms with Crippen LogP contribution in [0.3, 0.4) is 0 Å². The van der Waals surface area contributed by atoms with Crippen LogP contribution in [0.5, 0.6) is 0 Å². The molecule has 19 heavy (non-hydrogen) atoms. The van der Waals surface area contributed by atoms with Crippen LogP contribution in [0, 0.1) is 0 Å². The molecule has 1 N–H and O–H groups in total. The number of rotatable bonds is 12. The molecule has 0 fully saturated rings. The third-order valence-corrected chi connectivity index (χ3v) is 4.12. The largest absolute Gasteiger partial charge is 0.365 e. The van der Waals surface area contributed by atoms with Crippen LogP contribution in [0.25, 0.3) is 0 Å². The summed E-state index contributed by atoms with van der Waals surface area (Å²) in [5, 5.41) is 0. The summed E-state index contributed by atoms with van der Waals surface area (Å²) in [6, 6.07) is 4.42. The number of unbranched alkanes of at least 4 members (excludes halogenated alkanes) is 7. The summed E-state index contributed by atoms with van der Waals surface area (Å²) in [5.41, 5.74) is 1.46. The highest BCUT2D eigenvalue weighted by Gasteiger charge is 2.11. The third kappa shape index (κ3) is 7.44. The third-order valence-electron chi connectivity index (χ3n) is 4.12. The summed E-state index contributed by atoms with van der Waals surface area (Å²) >= 11 is 0. The quantitative estimate of drug-likeness (QED) is 0.418. The topological polar surface area (TPSA) is 15.8 Å². The van der Waals surface area contributed by atoms with Gasteiger partial charge in [-0.2, -0.15) is 0 Å².